The van der Waals surface area contributed by atoms with Crippen molar-refractivity contribution >= 4 is 67.3 Å². The smallest absolute Gasteiger partial charge is 0.151 e. The van der Waals surface area contributed by atoms with Gasteiger partial charge in [0.2, 0.25) is 0 Å². The Morgan fingerprint density at radius 3 is 1.80 bits per heavy atom. The first-order chi connectivity index (χ1) is 19.7. The number of thiophene rings is 4. The molecule has 6 heteroatoms. The third-order valence-electron chi connectivity index (χ3n) is 7.30. The fourth-order valence-electron chi connectivity index (χ4n) is 5.15. The van der Waals surface area contributed by atoms with E-state index in [9.17, 15) is 9.59 Å². The number of fused-ring (bicyclic) bond motifs is 1. The lowest BCUT2D eigenvalue weighted by atomic mass is 10.1. The van der Waals surface area contributed by atoms with Crippen LogP contribution in [-0.4, -0.2) is 12.6 Å². The van der Waals surface area contributed by atoms with Gasteiger partial charge in [0.05, 0.1) is 0 Å². The first kappa shape index (κ1) is 29.1. The summed E-state index contributed by atoms with van der Waals surface area (Å²) in [6, 6.07) is 19.0. The van der Waals surface area contributed by atoms with Gasteiger partial charge in [-0.3, -0.25) is 9.59 Å². The van der Waals surface area contributed by atoms with Crippen molar-refractivity contribution < 1.29 is 9.59 Å². The van der Waals surface area contributed by atoms with Crippen LogP contribution in [0, 0.1) is 0 Å². The van der Waals surface area contributed by atoms with E-state index in [4.69, 9.17) is 0 Å². The zero-order chi connectivity index (χ0) is 27.7. The lowest BCUT2D eigenvalue weighted by Gasteiger charge is -2.00. The maximum atomic E-state index is 11.8. The van der Waals surface area contributed by atoms with Crippen LogP contribution in [0.5, 0.6) is 0 Å². The van der Waals surface area contributed by atoms with Crippen LogP contribution >= 0.6 is 45.3 Å². The lowest BCUT2D eigenvalue weighted by molar-refractivity contribution is 0.111. The monoisotopic (exact) mass is 604 g/mol. The van der Waals surface area contributed by atoms with Gasteiger partial charge in [0.15, 0.2) is 12.6 Å². The molecule has 0 radical (unpaired) electrons. The number of rotatable bonds is 16. The highest BCUT2D eigenvalue weighted by Crippen LogP contribution is 2.39. The first-order valence-electron chi connectivity index (χ1n) is 14.4. The largest absolute Gasteiger partial charge is 0.298 e. The van der Waals surface area contributed by atoms with Crippen LogP contribution in [-0.2, 0) is 19.3 Å². The summed E-state index contributed by atoms with van der Waals surface area (Å²) in [5, 5.41) is 0. The zero-order valence-electron chi connectivity index (χ0n) is 23.1. The number of aldehydes is 2. The molecule has 0 atom stereocenters. The van der Waals surface area contributed by atoms with E-state index in [2.05, 4.69) is 37.3 Å². The summed E-state index contributed by atoms with van der Waals surface area (Å²) >= 11 is 7.19. The zero-order valence-corrected chi connectivity index (χ0v) is 26.3. The normalized spacial score (nSPS) is 11.4. The van der Waals surface area contributed by atoms with Gasteiger partial charge in [-0.05, 0) is 42.7 Å². The number of unbranched alkanes of at least 4 members (excludes halogenated alkanes) is 7. The average molecular weight is 605 g/mol. The van der Waals surface area contributed by atoms with Gasteiger partial charge in [-0.1, -0.05) is 82.2 Å². The van der Waals surface area contributed by atoms with E-state index in [-0.39, 0.29) is 0 Å². The molecule has 0 unspecified atom stereocenters. The molecule has 4 aromatic heterocycles. The Morgan fingerprint density at radius 2 is 1.18 bits per heavy atom. The van der Waals surface area contributed by atoms with E-state index < -0.39 is 0 Å². The highest BCUT2D eigenvalue weighted by atomic mass is 32.1. The Bertz CT molecular complexity index is 1500. The second-order valence-electron chi connectivity index (χ2n) is 10.4. The maximum absolute atomic E-state index is 11.8. The van der Waals surface area contributed by atoms with Crippen LogP contribution in [0.3, 0.4) is 0 Å². The van der Waals surface area contributed by atoms with Crippen molar-refractivity contribution in [2.45, 2.75) is 77.6 Å². The van der Waals surface area contributed by atoms with Gasteiger partial charge in [0.1, 0.15) is 0 Å². The molecule has 0 aliphatic heterocycles. The minimum Gasteiger partial charge on any atom is -0.298 e. The quantitative estimate of drug-likeness (QED) is 0.0829. The van der Waals surface area contributed by atoms with Gasteiger partial charge in [-0.25, -0.2) is 0 Å². The van der Waals surface area contributed by atoms with Crippen molar-refractivity contribution in [3.8, 4) is 10.4 Å². The van der Waals surface area contributed by atoms with Gasteiger partial charge >= 0.3 is 0 Å². The van der Waals surface area contributed by atoms with Crippen molar-refractivity contribution in [1.29, 1.82) is 0 Å². The minimum atomic E-state index is 0.787. The van der Waals surface area contributed by atoms with Crippen molar-refractivity contribution in [1.82, 2.24) is 0 Å². The van der Waals surface area contributed by atoms with Gasteiger partial charge in [0, 0.05) is 62.6 Å². The summed E-state index contributed by atoms with van der Waals surface area (Å²) in [6.45, 7) is 2.26. The highest BCUT2D eigenvalue weighted by molar-refractivity contribution is 7.28. The predicted octanol–water partition coefficient (Wildman–Crippen LogP) is 11.2. The molecule has 0 fully saturated rings. The van der Waals surface area contributed by atoms with Crippen LogP contribution in [0.25, 0.3) is 19.8 Å². The molecule has 0 saturated carbocycles. The number of benzene rings is 1. The fourth-order valence-corrected chi connectivity index (χ4v) is 10.2. The van der Waals surface area contributed by atoms with Crippen LogP contribution in [0.4, 0.5) is 0 Å². The van der Waals surface area contributed by atoms with Crippen LogP contribution in [0.1, 0.15) is 103 Å². The third-order valence-corrected chi connectivity index (χ3v) is 12.0. The van der Waals surface area contributed by atoms with Crippen LogP contribution < -0.4 is 0 Å². The summed E-state index contributed by atoms with van der Waals surface area (Å²) in [5.41, 5.74) is 2.82. The predicted molar refractivity (Wildman–Crippen MR) is 176 cm³/mol. The van der Waals surface area contributed by atoms with E-state index in [0.717, 1.165) is 58.3 Å². The second-order valence-corrected chi connectivity index (χ2v) is 15.1. The Kier molecular flexibility index (Phi) is 10.6. The standard InChI is InChI=1S/C34H36O2S4/c1-2-3-4-5-6-7-8-12-15-27-16-25(22-35)31(37-27)18-28-20-33-34(38-28)21-29(39-33)19-32-26(23-36)17-30(40-32)24-13-10-9-11-14-24/h9-11,13-14,16-17,20-23H,2-8,12,15,18-19H2,1H3. The molecule has 0 aliphatic carbocycles. The summed E-state index contributed by atoms with van der Waals surface area (Å²) < 4.78 is 2.59. The van der Waals surface area contributed by atoms with Crippen LogP contribution in [0.15, 0.2) is 54.6 Å². The number of aryl methyl sites for hydroxylation is 1. The van der Waals surface area contributed by atoms with Crippen molar-refractivity contribution in [2.75, 3.05) is 0 Å². The summed E-state index contributed by atoms with van der Waals surface area (Å²) in [6.07, 6.45) is 15.3. The molecule has 0 N–H and O–H groups in total. The second kappa shape index (κ2) is 14.5. The Morgan fingerprint density at radius 1 is 0.600 bits per heavy atom. The molecular weight excluding hydrogens is 569 g/mol. The van der Waals surface area contributed by atoms with Gasteiger partial charge < -0.3 is 0 Å². The molecule has 208 valence electrons. The van der Waals surface area contributed by atoms with Crippen molar-refractivity contribution in [2.24, 2.45) is 0 Å². The molecule has 40 heavy (non-hydrogen) atoms. The van der Waals surface area contributed by atoms with Crippen molar-refractivity contribution in [3.63, 3.8) is 0 Å². The summed E-state index contributed by atoms with van der Waals surface area (Å²) in [4.78, 5) is 31.0. The summed E-state index contributed by atoms with van der Waals surface area (Å²) in [5.74, 6) is 0. The third kappa shape index (κ3) is 7.47. The Hall–Kier alpha value is -2.38. The molecule has 0 bridgehead atoms. The highest BCUT2D eigenvalue weighted by Gasteiger charge is 2.15. The van der Waals surface area contributed by atoms with E-state index in [0.29, 0.717) is 0 Å². The molecular formula is C34H36O2S4. The van der Waals surface area contributed by atoms with E-state index >= 15 is 0 Å². The van der Waals surface area contributed by atoms with E-state index in [1.54, 1.807) is 11.3 Å². The van der Waals surface area contributed by atoms with Crippen molar-refractivity contribution in [3.05, 3.63) is 90.1 Å². The molecule has 0 saturated heterocycles. The van der Waals surface area contributed by atoms with E-state index in [1.807, 2.05) is 58.3 Å². The summed E-state index contributed by atoms with van der Waals surface area (Å²) in [7, 11) is 0. The molecule has 0 amide bonds. The molecule has 2 nitrogen and oxygen atoms in total. The lowest BCUT2D eigenvalue weighted by Crippen LogP contribution is -1.86. The van der Waals surface area contributed by atoms with Gasteiger partial charge in [0.25, 0.3) is 0 Å². The first-order valence-corrected chi connectivity index (χ1v) is 17.6. The molecule has 0 aliphatic rings. The molecule has 1 aromatic carbocycles. The Balaban J connectivity index is 1.19. The Labute approximate surface area is 253 Å². The van der Waals surface area contributed by atoms with E-state index in [1.165, 1.54) is 80.3 Å². The molecule has 4 heterocycles. The fraction of sp³-hybridized carbons (Fsp3) is 0.353. The SMILES string of the molecule is CCCCCCCCCCc1cc(C=O)c(Cc2cc3sc(Cc4sc(-c5ccccc5)cc4C=O)cc3s2)s1. The minimum absolute atomic E-state index is 0.787. The molecule has 5 rings (SSSR count). The van der Waals surface area contributed by atoms with Crippen LogP contribution in [0.2, 0.25) is 0 Å². The number of carbonyl (C=O) groups excluding carboxylic acids is 2. The molecule has 5 aromatic rings. The van der Waals surface area contributed by atoms with Gasteiger partial charge in [-0.15, -0.1) is 45.3 Å². The number of carbonyl (C=O) groups is 2. The number of hydrogen-bond acceptors (Lipinski definition) is 6. The number of hydrogen-bond donors (Lipinski definition) is 0. The average Bonchev–Trinajstić information content (AvgIpc) is 3.74. The maximum Gasteiger partial charge on any atom is 0.151 e. The van der Waals surface area contributed by atoms with Gasteiger partial charge in [-0.2, -0.15) is 0 Å². The molecule has 0 spiro atoms. The topological polar surface area (TPSA) is 34.1 Å².